The molecule has 0 radical (unpaired) electrons. The Kier molecular flexibility index (Phi) is 4.20. The number of hydrogen-bond acceptors (Lipinski definition) is 3. The van der Waals surface area contributed by atoms with Crippen molar-refractivity contribution in [1.29, 1.82) is 0 Å². The fourth-order valence-electron chi connectivity index (χ4n) is 3.72. The summed E-state index contributed by atoms with van der Waals surface area (Å²) in [4.78, 5) is 5.15. The maximum absolute atomic E-state index is 6.16. The Morgan fingerprint density at radius 1 is 1.25 bits per heavy atom. The topological polar surface area (TPSA) is 18.5 Å². The molecular weight excluding hydrogens is 270 g/mol. The largest absolute Gasteiger partial charge is 0.370 e. The number of anilines is 1. The number of fused-ring (bicyclic) bond motifs is 2. The van der Waals surface area contributed by atoms with Gasteiger partial charge in [-0.15, -0.1) is 0 Å². The number of rotatable bonds is 3. The number of halogens is 1. The van der Waals surface area contributed by atoms with Gasteiger partial charge in [0.05, 0.1) is 0 Å². The lowest BCUT2D eigenvalue weighted by molar-refractivity contribution is 0.254. The van der Waals surface area contributed by atoms with Gasteiger partial charge in [0.15, 0.2) is 0 Å². The van der Waals surface area contributed by atoms with Crippen LogP contribution >= 0.6 is 11.6 Å². The van der Waals surface area contributed by atoms with Gasteiger partial charge in [-0.25, -0.2) is 0 Å². The number of hydrogen-bond donors (Lipinski definition) is 1. The minimum absolute atomic E-state index is 0.709. The van der Waals surface area contributed by atoms with Crippen molar-refractivity contribution < 1.29 is 0 Å². The van der Waals surface area contributed by atoms with E-state index in [1.165, 1.54) is 30.5 Å². The summed E-state index contributed by atoms with van der Waals surface area (Å²) in [6, 6.07) is 7.79. The second-order valence-corrected chi connectivity index (χ2v) is 6.52. The van der Waals surface area contributed by atoms with Crippen molar-refractivity contribution in [3.05, 3.63) is 28.8 Å². The fourth-order valence-corrected chi connectivity index (χ4v) is 3.92. The number of likely N-dealkylation sites (N-methyl/N-ethyl adjacent to an activating group) is 1. The molecule has 3 rings (SSSR count). The van der Waals surface area contributed by atoms with Gasteiger partial charge >= 0.3 is 0 Å². The predicted octanol–water partition coefficient (Wildman–Crippen LogP) is 2.73. The van der Waals surface area contributed by atoms with Gasteiger partial charge < -0.3 is 10.2 Å². The molecule has 2 atom stereocenters. The highest BCUT2D eigenvalue weighted by molar-refractivity contribution is 6.30. The molecule has 2 fully saturated rings. The molecule has 2 unspecified atom stereocenters. The summed E-state index contributed by atoms with van der Waals surface area (Å²) in [6.07, 6.45) is 3.99. The SMILES string of the molecule is CNCc1cc(Cl)ccc1N1CCC2CCC(C1)N2C. The molecule has 2 aliphatic heterocycles. The molecule has 0 spiro atoms. The van der Waals surface area contributed by atoms with E-state index in [1.807, 2.05) is 13.1 Å². The van der Waals surface area contributed by atoms with Gasteiger partial charge in [-0.2, -0.15) is 0 Å². The van der Waals surface area contributed by atoms with Crippen LogP contribution in [0.1, 0.15) is 24.8 Å². The van der Waals surface area contributed by atoms with Gasteiger partial charge in [0, 0.05) is 42.4 Å². The molecule has 2 saturated heterocycles. The highest BCUT2D eigenvalue weighted by atomic mass is 35.5. The van der Waals surface area contributed by atoms with E-state index in [4.69, 9.17) is 11.6 Å². The molecule has 0 amide bonds. The van der Waals surface area contributed by atoms with Crippen LogP contribution in [-0.2, 0) is 6.54 Å². The molecule has 110 valence electrons. The van der Waals surface area contributed by atoms with Crippen LogP contribution in [0.15, 0.2) is 18.2 Å². The first-order chi connectivity index (χ1) is 9.69. The Morgan fingerprint density at radius 2 is 2.05 bits per heavy atom. The zero-order valence-corrected chi connectivity index (χ0v) is 13.2. The number of nitrogens with one attached hydrogen (secondary N) is 1. The summed E-state index contributed by atoms with van der Waals surface area (Å²) in [5.41, 5.74) is 2.66. The third-order valence-electron chi connectivity index (χ3n) is 4.90. The number of benzene rings is 1. The summed E-state index contributed by atoms with van der Waals surface area (Å²) < 4.78 is 0. The lowest BCUT2D eigenvalue weighted by Gasteiger charge is -2.29. The first-order valence-electron chi connectivity index (χ1n) is 7.59. The second kappa shape index (κ2) is 5.92. The van der Waals surface area contributed by atoms with E-state index < -0.39 is 0 Å². The van der Waals surface area contributed by atoms with Crippen LogP contribution in [0, 0.1) is 0 Å². The van der Waals surface area contributed by atoms with Crippen molar-refractivity contribution >= 4 is 17.3 Å². The summed E-state index contributed by atoms with van der Waals surface area (Å²) in [5.74, 6) is 0. The van der Waals surface area contributed by atoms with E-state index in [0.29, 0.717) is 6.04 Å². The van der Waals surface area contributed by atoms with Gasteiger partial charge in [0.25, 0.3) is 0 Å². The van der Waals surface area contributed by atoms with Crippen LogP contribution in [0.3, 0.4) is 0 Å². The van der Waals surface area contributed by atoms with Gasteiger partial charge in [-0.1, -0.05) is 11.6 Å². The Bertz CT molecular complexity index is 477. The zero-order valence-electron chi connectivity index (χ0n) is 12.4. The first kappa shape index (κ1) is 14.2. The summed E-state index contributed by atoms with van der Waals surface area (Å²) >= 11 is 6.16. The van der Waals surface area contributed by atoms with E-state index in [9.17, 15) is 0 Å². The van der Waals surface area contributed by atoms with Crippen LogP contribution in [0.25, 0.3) is 0 Å². The van der Waals surface area contributed by atoms with Gasteiger partial charge in [-0.3, -0.25) is 4.90 Å². The molecular formula is C16H24ClN3. The average Bonchev–Trinajstić information content (AvgIpc) is 2.65. The van der Waals surface area contributed by atoms with E-state index in [-0.39, 0.29) is 0 Å². The first-order valence-corrected chi connectivity index (χ1v) is 7.96. The highest BCUT2D eigenvalue weighted by Gasteiger charge is 2.34. The van der Waals surface area contributed by atoms with E-state index >= 15 is 0 Å². The summed E-state index contributed by atoms with van der Waals surface area (Å²) in [5, 5.41) is 4.08. The van der Waals surface area contributed by atoms with Crippen LogP contribution in [0.4, 0.5) is 5.69 Å². The maximum Gasteiger partial charge on any atom is 0.0413 e. The molecule has 2 heterocycles. The van der Waals surface area contributed by atoms with Crippen LogP contribution in [-0.4, -0.2) is 44.2 Å². The van der Waals surface area contributed by atoms with Gasteiger partial charge in [0.1, 0.15) is 0 Å². The molecule has 1 aromatic carbocycles. The molecule has 2 bridgehead atoms. The van der Waals surface area contributed by atoms with Crippen molar-refractivity contribution in [1.82, 2.24) is 10.2 Å². The van der Waals surface area contributed by atoms with Crippen molar-refractivity contribution in [3.63, 3.8) is 0 Å². The monoisotopic (exact) mass is 293 g/mol. The second-order valence-electron chi connectivity index (χ2n) is 6.09. The predicted molar refractivity (Wildman–Crippen MR) is 85.6 cm³/mol. The Balaban J connectivity index is 1.85. The van der Waals surface area contributed by atoms with Crippen molar-refractivity contribution in [2.75, 3.05) is 32.1 Å². The molecule has 20 heavy (non-hydrogen) atoms. The van der Waals surface area contributed by atoms with Gasteiger partial charge in [0.2, 0.25) is 0 Å². The highest BCUT2D eigenvalue weighted by Crippen LogP contribution is 2.32. The summed E-state index contributed by atoms with van der Waals surface area (Å²) in [6.45, 7) is 3.17. The minimum Gasteiger partial charge on any atom is -0.370 e. The smallest absolute Gasteiger partial charge is 0.0413 e. The Morgan fingerprint density at radius 3 is 2.85 bits per heavy atom. The van der Waals surface area contributed by atoms with Gasteiger partial charge in [-0.05, 0) is 57.1 Å². The zero-order chi connectivity index (χ0) is 14.1. The van der Waals surface area contributed by atoms with E-state index in [1.54, 1.807) is 0 Å². The molecule has 4 heteroatoms. The average molecular weight is 294 g/mol. The van der Waals surface area contributed by atoms with Crippen molar-refractivity contribution in [2.45, 2.75) is 37.9 Å². The third-order valence-corrected chi connectivity index (χ3v) is 5.13. The fraction of sp³-hybridized carbons (Fsp3) is 0.625. The molecule has 1 N–H and O–H groups in total. The van der Waals surface area contributed by atoms with Crippen LogP contribution in [0.5, 0.6) is 0 Å². The summed E-state index contributed by atoms with van der Waals surface area (Å²) in [7, 11) is 4.28. The number of nitrogens with zero attached hydrogens (tertiary/aromatic N) is 2. The van der Waals surface area contributed by atoms with E-state index in [0.717, 1.165) is 30.7 Å². The quantitative estimate of drug-likeness (QED) is 0.924. The molecule has 2 aliphatic rings. The molecule has 0 saturated carbocycles. The molecule has 3 nitrogen and oxygen atoms in total. The normalized spacial score (nSPS) is 26.9. The standard InChI is InChI=1S/C16H24ClN3/c1-18-10-12-9-13(17)3-6-16(12)20-8-7-14-4-5-15(11-20)19(14)2/h3,6,9,14-15,18H,4-5,7-8,10-11H2,1-2H3. The lowest BCUT2D eigenvalue weighted by atomic mass is 10.1. The third kappa shape index (κ3) is 2.67. The molecule has 1 aromatic rings. The van der Waals surface area contributed by atoms with Crippen LogP contribution < -0.4 is 10.2 Å². The van der Waals surface area contributed by atoms with Crippen molar-refractivity contribution in [2.24, 2.45) is 0 Å². The molecule has 0 aliphatic carbocycles. The molecule has 0 aromatic heterocycles. The van der Waals surface area contributed by atoms with Crippen LogP contribution in [0.2, 0.25) is 5.02 Å². The Hall–Kier alpha value is -0.770. The van der Waals surface area contributed by atoms with E-state index in [2.05, 4.69) is 34.3 Å². The Labute approximate surface area is 126 Å². The maximum atomic E-state index is 6.16. The lowest BCUT2D eigenvalue weighted by Crippen LogP contribution is -2.37. The van der Waals surface area contributed by atoms with Crippen molar-refractivity contribution in [3.8, 4) is 0 Å². The minimum atomic E-state index is 0.709.